The lowest BCUT2D eigenvalue weighted by atomic mass is 9.91. The first-order chi connectivity index (χ1) is 13.2. The molecule has 1 aliphatic heterocycles. The minimum Gasteiger partial charge on any atom is -0.469 e. The fourth-order valence-electron chi connectivity index (χ4n) is 3.79. The van der Waals surface area contributed by atoms with Gasteiger partial charge in [0.2, 0.25) is 5.91 Å². The Hall–Kier alpha value is -2.89. The van der Waals surface area contributed by atoms with Gasteiger partial charge in [-0.05, 0) is 37.5 Å². The zero-order chi connectivity index (χ0) is 18.6. The fourth-order valence-corrected chi connectivity index (χ4v) is 3.79. The van der Waals surface area contributed by atoms with E-state index in [0.29, 0.717) is 12.3 Å². The van der Waals surface area contributed by atoms with E-state index in [1.54, 1.807) is 6.26 Å². The second kappa shape index (κ2) is 7.78. The smallest absolute Gasteiger partial charge is 0.223 e. The molecule has 1 unspecified atom stereocenters. The molecule has 1 aliphatic rings. The van der Waals surface area contributed by atoms with Crippen molar-refractivity contribution in [1.82, 2.24) is 20.1 Å². The zero-order valence-electron chi connectivity index (χ0n) is 15.5. The molecule has 1 amide bonds. The number of piperidine rings is 1. The second-order valence-corrected chi connectivity index (χ2v) is 7.12. The number of hydrogen-bond acceptors (Lipinski definition) is 4. The van der Waals surface area contributed by atoms with Crippen molar-refractivity contribution in [3.63, 3.8) is 0 Å². The first kappa shape index (κ1) is 17.5. The standard InChI is InChI=1S/C21H24N4O2/c1-15-22-21(24-23-15)17-9-11-25(12-10-17)20(26)14-18(19-8-5-13-27-19)16-6-3-2-4-7-16/h2-8,13,17-18H,9-12,14H2,1H3,(H,22,23,24). The number of aromatic nitrogens is 3. The third-order valence-corrected chi connectivity index (χ3v) is 5.29. The Balaban J connectivity index is 1.42. The fraction of sp³-hybridized carbons (Fsp3) is 0.381. The van der Waals surface area contributed by atoms with Crippen LogP contribution in [0.3, 0.4) is 0 Å². The van der Waals surface area contributed by atoms with Crippen molar-refractivity contribution < 1.29 is 9.21 Å². The van der Waals surface area contributed by atoms with Gasteiger partial charge >= 0.3 is 0 Å². The third kappa shape index (κ3) is 3.94. The Labute approximate surface area is 158 Å². The van der Waals surface area contributed by atoms with Crippen molar-refractivity contribution in [3.05, 3.63) is 71.7 Å². The topological polar surface area (TPSA) is 75.0 Å². The summed E-state index contributed by atoms with van der Waals surface area (Å²) in [6, 6.07) is 13.9. The Kier molecular flexibility index (Phi) is 5.05. The molecule has 1 aromatic carbocycles. The molecule has 1 saturated heterocycles. The molecule has 0 radical (unpaired) electrons. The molecular formula is C21H24N4O2. The molecule has 6 heteroatoms. The highest BCUT2D eigenvalue weighted by Crippen LogP contribution is 2.31. The van der Waals surface area contributed by atoms with Crippen molar-refractivity contribution in [1.29, 1.82) is 0 Å². The maximum atomic E-state index is 13.0. The lowest BCUT2D eigenvalue weighted by Gasteiger charge is -2.31. The summed E-state index contributed by atoms with van der Waals surface area (Å²) in [5, 5.41) is 7.19. The number of nitrogens with zero attached hydrogens (tertiary/aromatic N) is 3. The molecule has 3 aromatic rings. The molecule has 3 heterocycles. The first-order valence-corrected chi connectivity index (χ1v) is 9.45. The van der Waals surface area contributed by atoms with Gasteiger partial charge in [0.15, 0.2) is 5.82 Å². The van der Waals surface area contributed by atoms with Crippen molar-refractivity contribution >= 4 is 5.91 Å². The highest BCUT2D eigenvalue weighted by Gasteiger charge is 2.29. The van der Waals surface area contributed by atoms with Crippen LogP contribution in [0, 0.1) is 6.92 Å². The molecule has 0 spiro atoms. The molecule has 1 atom stereocenters. The number of rotatable bonds is 5. The monoisotopic (exact) mass is 364 g/mol. The van der Waals surface area contributed by atoms with Gasteiger partial charge in [-0.1, -0.05) is 30.3 Å². The van der Waals surface area contributed by atoms with Gasteiger partial charge in [0.1, 0.15) is 11.6 Å². The number of aryl methyl sites for hydroxylation is 1. The van der Waals surface area contributed by atoms with Gasteiger partial charge in [-0.15, -0.1) is 0 Å². The normalized spacial score (nSPS) is 16.4. The van der Waals surface area contributed by atoms with Crippen LogP contribution in [-0.2, 0) is 4.79 Å². The number of carbonyl (C=O) groups excluding carboxylic acids is 1. The van der Waals surface area contributed by atoms with Crippen LogP contribution >= 0.6 is 0 Å². The van der Waals surface area contributed by atoms with E-state index in [9.17, 15) is 4.79 Å². The Morgan fingerprint density at radius 3 is 2.63 bits per heavy atom. The van der Waals surface area contributed by atoms with Gasteiger partial charge in [0.25, 0.3) is 0 Å². The van der Waals surface area contributed by atoms with Gasteiger partial charge in [0, 0.05) is 25.4 Å². The van der Waals surface area contributed by atoms with Crippen LogP contribution < -0.4 is 0 Å². The van der Waals surface area contributed by atoms with Crippen LogP contribution in [0.5, 0.6) is 0 Å². The summed E-state index contributed by atoms with van der Waals surface area (Å²) in [5.41, 5.74) is 1.10. The molecule has 1 N–H and O–H groups in total. The van der Waals surface area contributed by atoms with Gasteiger partial charge in [-0.25, -0.2) is 4.98 Å². The highest BCUT2D eigenvalue weighted by molar-refractivity contribution is 5.77. The number of amides is 1. The summed E-state index contributed by atoms with van der Waals surface area (Å²) in [5.74, 6) is 2.99. The number of carbonyl (C=O) groups is 1. The zero-order valence-corrected chi connectivity index (χ0v) is 15.5. The predicted octanol–water partition coefficient (Wildman–Crippen LogP) is 3.63. The summed E-state index contributed by atoms with van der Waals surface area (Å²) in [6.07, 6.45) is 3.89. The SMILES string of the molecule is Cc1nc(C2CCN(C(=O)CC(c3ccccc3)c3ccco3)CC2)n[nH]1. The van der Waals surface area contributed by atoms with Gasteiger partial charge in [-0.3, -0.25) is 9.89 Å². The number of benzene rings is 1. The highest BCUT2D eigenvalue weighted by atomic mass is 16.3. The minimum absolute atomic E-state index is 0.0536. The lowest BCUT2D eigenvalue weighted by molar-refractivity contribution is -0.132. The molecular weight excluding hydrogens is 340 g/mol. The lowest BCUT2D eigenvalue weighted by Crippen LogP contribution is -2.38. The number of furan rings is 1. The van der Waals surface area contributed by atoms with E-state index in [-0.39, 0.29) is 11.8 Å². The van der Waals surface area contributed by atoms with E-state index in [4.69, 9.17) is 4.42 Å². The molecule has 4 rings (SSSR count). The van der Waals surface area contributed by atoms with E-state index >= 15 is 0 Å². The van der Waals surface area contributed by atoms with Crippen LogP contribution in [0.1, 0.15) is 54.1 Å². The van der Waals surface area contributed by atoms with E-state index in [1.807, 2.05) is 42.2 Å². The summed E-state index contributed by atoms with van der Waals surface area (Å²) in [6.45, 7) is 3.40. The maximum absolute atomic E-state index is 13.0. The minimum atomic E-state index is -0.0536. The second-order valence-electron chi connectivity index (χ2n) is 7.12. The van der Waals surface area contributed by atoms with Crippen LogP contribution in [0.4, 0.5) is 0 Å². The summed E-state index contributed by atoms with van der Waals surface area (Å²) in [4.78, 5) is 19.4. The summed E-state index contributed by atoms with van der Waals surface area (Å²) < 4.78 is 5.62. The van der Waals surface area contributed by atoms with Gasteiger partial charge < -0.3 is 9.32 Å². The summed E-state index contributed by atoms with van der Waals surface area (Å²) in [7, 11) is 0. The number of likely N-dealkylation sites (tertiary alicyclic amines) is 1. The number of aromatic amines is 1. The molecule has 27 heavy (non-hydrogen) atoms. The average molecular weight is 364 g/mol. The van der Waals surface area contributed by atoms with Gasteiger partial charge in [0.05, 0.1) is 12.2 Å². The van der Waals surface area contributed by atoms with E-state index in [2.05, 4.69) is 27.3 Å². The molecule has 2 aromatic heterocycles. The van der Waals surface area contributed by atoms with Crippen molar-refractivity contribution in [2.24, 2.45) is 0 Å². The maximum Gasteiger partial charge on any atom is 0.223 e. The Morgan fingerprint density at radius 1 is 1.22 bits per heavy atom. The van der Waals surface area contributed by atoms with Crippen molar-refractivity contribution in [3.8, 4) is 0 Å². The van der Waals surface area contributed by atoms with Crippen LogP contribution in [-0.4, -0.2) is 39.1 Å². The predicted molar refractivity (Wildman–Crippen MR) is 101 cm³/mol. The van der Waals surface area contributed by atoms with E-state index in [0.717, 1.165) is 48.9 Å². The summed E-state index contributed by atoms with van der Waals surface area (Å²) >= 11 is 0. The van der Waals surface area contributed by atoms with Crippen LogP contribution in [0.25, 0.3) is 0 Å². The van der Waals surface area contributed by atoms with Gasteiger partial charge in [-0.2, -0.15) is 5.10 Å². The van der Waals surface area contributed by atoms with Crippen LogP contribution in [0.2, 0.25) is 0 Å². The average Bonchev–Trinajstić information content (AvgIpc) is 3.39. The van der Waals surface area contributed by atoms with Crippen molar-refractivity contribution in [2.75, 3.05) is 13.1 Å². The van der Waals surface area contributed by atoms with Crippen LogP contribution in [0.15, 0.2) is 53.1 Å². The van der Waals surface area contributed by atoms with E-state index in [1.165, 1.54) is 0 Å². The van der Waals surface area contributed by atoms with E-state index < -0.39 is 0 Å². The first-order valence-electron chi connectivity index (χ1n) is 9.45. The number of hydrogen-bond donors (Lipinski definition) is 1. The molecule has 0 bridgehead atoms. The molecule has 140 valence electrons. The third-order valence-electron chi connectivity index (χ3n) is 5.29. The Bertz CT molecular complexity index is 865. The molecule has 6 nitrogen and oxygen atoms in total. The molecule has 0 aliphatic carbocycles. The quantitative estimate of drug-likeness (QED) is 0.750. The Morgan fingerprint density at radius 2 is 2.00 bits per heavy atom. The molecule has 0 saturated carbocycles. The number of H-pyrrole nitrogens is 1. The van der Waals surface area contributed by atoms with Crippen molar-refractivity contribution in [2.45, 2.75) is 38.0 Å². The molecule has 1 fully saturated rings. The number of nitrogens with one attached hydrogen (secondary N) is 1. The largest absolute Gasteiger partial charge is 0.469 e.